The summed E-state index contributed by atoms with van der Waals surface area (Å²) in [4.78, 5) is 10.6. The van der Waals surface area contributed by atoms with E-state index in [-0.39, 0.29) is 6.42 Å². The highest BCUT2D eigenvalue weighted by Crippen LogP contribution is 2.16. The molecule has 0 spiro atoms. The third kappa shape index (κ3) is 2.82. The van der Waals surface area contributed by atoms with E-state index < -0.39 is 11.6 Å². The fourth-order valence-electron chi connectivity index (χ4n) is 1.08. The lowest BCUT2D eigenvalue weighted by Crippen LogP contribution is -2.37. The maximum absolute atomic E-state index is 10.6. The topological polar surface area (TPSA) is 57.5 Å². The molecule has 1 unspecified atom stereocenters. The van der Waals surface area contributed by atoms with Gasteiger partial charge < -0.3 is 10.2 Å². The predicted octanol–water partition coefficient (Wildman–Crippen LogP) is 1.83. The van der Waals surface area contributed by atoms with Gasteiger partial charge in [0.15, 0.2) is 5.60 Å². The molecule has 1 aromatic rings. The second-order valence-corrected chi connectivity index (χ2v) is 4.30. The van der Waals surface area contributed by atoms with Crippen LogP contribution in [0.2, 0.25) is 0 Å². The molecule has 0 fully saturated rings. The number of hydrogen-bond acceptors (Lipinski definition) is 2. The molecule has 4 heteroatoms. The summed E-state index contributed by atoms with van der Waals surface area (Å²) in [7, 11) is 0. The lowest BCUT2D eigenvalue weighted by atomic mass is 9.97. The van der Waals surface area contributed by atoms with E-state index in [4.69, 9.17) is 5.11 Å². The molecule has 0 aliphatic rings. The molecule has 1 aromatic carbocycles. The lowest BCUT2D eigenvalue weighted by Gasteiger charge is -2.17. The minimum Gasteiger partial charge on any atom is -0.479 e. The first-order valence-electron chi connectivity index (χ1n) is 4.12. The van der Waals surface area contributed by atoms with Crippen LogP contribution in [0.15, 0.2) is 28.7 Å². The SMILES string of the molecule is CC(O)(Cc1ccc(Br)cc1)C(=O)O. The number of carboxylic acids is 1. The number of halogens is 1. The Morgan fingerprint density at radius 1 is 1.43 bits per heavy atom. The van der Waals surface area contributed by atoms with Crippen molar-refractivity contribution in [2.24, 2.45) is 0 Å². The van der Waals surface area contributed by atoms with Gasteiger partial charge in [-0.2, -0.15) is 0 Å². The number of aliphatic carboxylic acids is 1. The van der Waals surface area contributed by atoms with Gasteiger partial charge in [0.25, 0.3) is 0 Å². The summed E-state index contributed by atoms with van der Waals surface area (Å²) in [6.07, 6.45) is 0.107. The van der Waals surface area contributed by atoms with Crippen LogP contribution in [0.1, 0.15) is 12.5 Å². The average Bonchev–Trinajstić information content (AvgIpc) is 2.08. The monoisotopic (exact) mass is 258 g/mol. The first-order chi connectivity index (χ1) is 6.42. The highest BCUT2D eigenvalue weighted by Gasteiger charge is 2.29. The third-order valence-electron chi connectivity index (χ3n) is 1.92. The van der Waals surface area contributed by atoms with Crippen LogP contribution in [0.25, 0.3) is 0 Å². The molecule has 0 radical (unpaired) electrons. The Bertz CT molecular complexity index is 330. The van der Waals surface area contributed by atoms with Gasteiger partial charge in [0.1, 0.15) is 0 Å². The summed E-state index contributed by atoms with van der Waals surface area (Å²) in [5, 5.41) is 18.2. The molecule has 0 saturated heterocycles. The van der Waals surface area contributed by atoms with Crippen molar-refractivity contribution in [2.75, 3.05) is 0 Å². The molecule has 0 saturated carbocycles. The summed E-state index contributed by atoms with van der Waals surface area (Å²) < 4.78 is 0.927. The summed E-state index contributed by atoms with van der Waals surface area (Å²) in [6, 6.07) is 7.18. The van der Waals surface area contributed by atoms with E-state index in [2.05, 4.69) is 15.9 Å². The zero-order valence-corrected chi connectivity index (χ0v) is 9.28. The summed E-state index contributed by atoms with van der Waals surface area (Å²) in [6.45, 7) is 1.29. The molecule has 0 heterocycles. The number of benzene rings is 1. The van der Waals surface area contributed by atoms with Crippen LogP contribution < -0.4 is 0 Å². The molecule has 0 amide bonds. The van der Waals surface area contributed by atoms with Crippen LogP contribution >= 0.6 is 15.9 Å². The van der Waals surface area contributed by atoms with Gasteiger partial charge in [-0.25, -0.2) is 4.79 Å². The Hall–Kier alpha value is -0.870. The van der Waals surface area contributed by atoms with Gasteiger partial charge in [0, 0.05) is 10.9 Å². The van der Waals surface area contributed by atoms with E-state index >= 15 is 0 Å². The van der Waals surface area contributed by atoms with Gasteiger partial charge in [-0.05, 0) is 24.6 Å². The van der Waals surface area contributed by atoms with Crippen molar-refractivity contribution in [3.63, 3.8) is 0 Å². The molecule has 1 atom stereocenters. The normalized spacial score (nSPS) is 14.8. The Morgan fingerprint density at radius 2 is 1.93 bits per heavy atom. The Balaban J connectivity index is 2.79. The fraction of sp³-hybridized carbons (Fsp3) is 0.300. The molecule has 0 aromatic heterocycles. The second-order valence-electron chi connectivity index (χ2n) is 3.38. The van der Waals surface area contributed by atoms with Crippen LogP contribution in [-0.2, 0) is 11.2 Å². The molecule has 0 aliphatic heterocycles. The summed E-state index contributed by atoms with van der Waals surface area (Å²) in [5.74, 6) is -1.21. The van der Waals surface area contributed by atoms with Crippen LogP contribution in [0, 0.1) is 0 Å². The van der Waals surface area contributed by atoms with E-state index in [1.165, 1.54) is 6.92 Å². The molecule has 14 heavy (non-hydrogen) atoms. The van der Waals surface area contributed by atoms with Crippen molar-refractivity contribution in [1.82, 2.24) is 0 Å². The van der Waals surface area contributed by atoms with Crippen molar-refractivity contribution < 1.29 is 15.0 Å². The van der Waals surface area contributed by atoms with Crippen molar-refractivity contribution in [3.8, 4) is 0 Å². The predicted molar refractivity (Wildman–Crippen MR) is 56.1 cm³/mol. The average molecular weight is 259 g/mol. The van der Waals surface area contributed by atoms with Crippen LogP contribution in [-0.4, -0.2) is 21.8 Å². The van der Waals surface area contributed by atoms with E-state index in [1.54, 1.807) is 12.1 Å². The Morgan fingerprint density at radius 3 is 2.36 bits per heavy atom. The summed E-state index contributed by atoms with van der Waals surface area (Å²) >= 11 is 3.28. The van der Waals surface area contributed by atoms with Crippen molar-refractivity contribution >= 4 is 21.9 Å². The minimum absolute atomic E-state index is 0.107. The van der Waals surface area contributed by atoms with E-state index in [0.29, 0.717) is 0 Å². The van der Waals surface area contributed by atoms with Crippen molar-refractivity contribution in [1.29, 1.82) is 0 Å². The van der Waals surface area contributed by atoms with Gasteiger partial charge in [0.05, 0.1) is 0 Å². The molecular weight excluding hydrogens is 248 g/mol. The van der Waals surface area contributed by atoms with Crippen molar-refractivity contribution in [3.05, 3.63) is 34.3 Å². The smallest absolute Gasteiger partial charge is 0.335 e. The highest BCUT2D eigenvalue weighted by atomic mass is 79.9. The lowest BCUT2D eigenvalue weighted by molar-refractivity contribution is -0.156. The van der Waals surface area contributed by atoms with Crippen LogP contribution in [0.4, 0.5) is 0 Å². The largest absolute Gasteiger partial charge is 0.479 e. The first-order valence-corrected chi connectivity index (χ1v) is 4.91. The van der Waals surface area contributed by atoms with Crippen LogP contribution in [0.3, 0.4) is 0 Å². The number of carbonyl (C=O) groups is 1. The fourth-order valence-corrected chi connectivity index (χ4v) is 1.34. The molecule has 0 aliphatic carbocycles. The quantitative estimate of drug-likeness (QED) is 0.870. The zero-order valence-electron chi connectivity index (χ0n) is 7.70. The molecule has 0 bridgehead atoms. The second kappa shape index (κ2) is 4.11. The van der Waals surface area contributed by atoms with Gasteiger partial charge in [-0.15, -0.1) is 0 Å². The maximum Gasteiger partial charge on any atom is 0.335 e. The number of carboxylic acid groups (broad SMARTS) is 1. The molecule has 2 N–H and O–H groups in total. The van der Waals surface area contributed by atoms with E-state index in [9.17, 15) is 9.90 Å². The van der Waals surface area contributed by atoms with Crippen LogP contribution in [0.5, 0.6) is 0 Å². The first kappa shape index (κ1) is 11.2. The Kier molecular flexibility index (Phi) is 3.29. The molecular formula is C10H11BrO3. The highest BCUT2D eigenvalue weighted by molar-refractivity contribution is 9.10. The van der Waals surface area contributed by atoms with Gasteiger partial charge in [-0.1, -0.05) is 28.1 Å². The van der Waals surface area contributed by atoms with Gasteiger partial charge in [-0.3, -0.25) is 0 Å². The molecule has 76 valence electrons. The molecule has 3 nitrogen and oxygen atoms in total. The maximum atomic E-state index is 10.6. The zero-order chi connectivity index (χ0) is 10.8. The third-order valence-corrected chi connectivity index (χ3v) is 2.45. The number of hydrogen-bond donors (Lipinski definition) is 2. The summed E-state index contributed by atoms with van der Waals surface area (Å²) in [5.41, 5.74) is -0.908. The van der Waals surface area contributed by atoms with Gasteiger partial charge in [0.2, 0.25) is 0 Å². The van der Waals surface area contributed by atoms with E-state index in [1.807, 2.05) is 12.1 Å². The number of rotatable bonds is 3. The van der Waals surface area contributed by atoms with Gasteiger partial charge >= 0.3 is 5.97 Å². The number of aliphatic hydroxyl groups is 1. The van der Waals surface area contributed by atoms with E-state index in [0.717, 1.165) is 10.0 Å². The Labute approximate surface area is 90.5 Å². The molecule has 1 rings (SSSR count). The minimum atomic E-state index is -1.70. The standard InChI is InChI=1S/C10H11BrO3/c1-10(14,9(12)13)6-7-2-4-8(11)5-3-7/h2-5,14H,6H2,1H3,(H,12,13). The van der Waals surface area contributed by atoms with Crippen molar-refractivity contribution in [2.45, 2.75) is 18.9 Å².